The van der Waals surface area contributed by atoms with E-state index in [1.165, 1.54) is 0 Å². The normalized spacial score (nSPS) is 9.00. The van der Waals surface area contributed by atoms with Gasteiger partial charge in [-0.3, -0.25) is 9.11 Å². The van der Waals surface area contributed by atoms with Crippen molar-refractivity contribution in [2.45, 2.75) is 18.4 Å². The summed E-state index contributed by atoms with van der Waals surface area (Å²) >= 11 is 0. The van der Waals surface area contributed by atoms with Gasteiger partial charge < -0.3 is 51.2 Å². The van der Waals surface area contributed by atoms with Gasteiger partial charge in [-0.25, -0.2) is 0 Å². The number of aliphatic carboxylic acids is 3. The summed E-state index contributed by atoms with van der Waals surface area (Å²) in [5, 5.41) is 38.9. The Hall–Kier alpha value is -0.322. The average molecular weight is 461 g/mol. The zero-order valence-corrected chi connectivity index (χ0v) is 18.4. The minimum atomic E-state index is -4.67. The van der Waals surface area contributed by atoms with Gasteiger partial charge in [0.05, 0.1) is 5.97 Å². The van der Waals surface area contributed by atoms with Crippen LogP contribution in [0.1, 0.15) is 12.8 Å². The first-order valence-electron chi connectivity index (χ1n) is 5.15. The van der Waals surface area contributed by atoms with Crippen molar-refractivity contribution in [1.82, 2.24) is 11.0 Å². The molecule has 0 aliphatic rings. The van der Waals surface area contributed by atoms with Crippen molar-refractivity contribution in [3.8, 4) is 0 Å². The molecule has 0 aromatic heterocycles. The van der Waals surface area contributed by atoms with Crippen molar-refractivity contribution in [1.29, 1.82) is 0 Å². The number of hydrogen-bond acceptors (Lipinski definition) is 11. The monoisotopic (exact) mass is 460 g/mol. The molecule has 8 N–H and O–H groups in total. The molecule has 0 spiro atoms. The predicted octanol–water partition coefficient (Wildman–Crippen LogP) is -9.61. The van der Waals surface area contributed by atoms with E-state index >= 15 is 0 Å². The SMILES string of the molecule is BN(C)C.O=C([O-])CC(O)(CC(=O)[O-])C(=O)[O-].O=S(=O)(O)O.[NH4+].[Na+].[Ni+2].[OH-]. The summed E-state index contributed by atoms with van der Waals surface area (Å²) in [5.74, 6) is -5.98. The molecule has 0 heterocycles. The Morgan fingerprint density at radius 2 is 1.19 bits per heavy atom. The van der Waals surface area contributed by atoms with Crippen molar-refractivity contribution in [3.05, 3.63) is 0 Å². The molecule has 0 atom stereocenters. The Balaban J connectivity index is -0.0000000475. The van der Waals surface area contributed by atoms with E-state index in [4.69, 9.17) is 22.6 Å². The second-order valence-corrected chi connectivity index (χ2v) is 5.10. The van der Waals surface area contributed by atoms with E-state index in [1.807, 2.05) is 26.9 Å². The number of quaternary nitrogens is 1. The van der Waals surface area contributed by atoms with Crippen molar-refractivity contribution >= 4 is 36.3 Å². The molecule has 154 valence electrons. The standard InChI is InChI=1S/C6H8O7.C2H8BN.H3N.Na.Ni.H2O4S.H2O/c7-3(8)1-6(13,5(11)12)2-4(9)10;1-4(2)3;;;;1-5(2,3)4;/h13H,1-2H2,(H,7,8)(H,9,10)(H,11,12);3H2,1-2H3;1H3;;;(H2,1,2,3,4);1H2/q;;;+1;+2;;/p-3. The summed E-state index contributed by atoms with van der Waals surface area (Å²) in [6.07, 6.45) is -2.72. The maximum atomic E-state index is 10.1. The molecule has 0 rings (SSSR count). The van der Waals surface area contributed by atoms with Crippen molar-refractivity contribution in [2.24, 2.45) is 0 Å². The largest absolute Gasteiger partial charge is 2.00 e. The molecular formula is C8H20BN2NaNiO12S. The minimum Gasteiger partial charge on any atom is -0.870 e. The first kappa shape index (κ1) is 44.8. The van der Waals surface area contributed by atoms with Crippen molar-refractivity contribution in [3.63, 3.8) is 0 Å². The van der Waals surface area contributed by atoms with Crippen LogP contribution in [0.5, 0.6) is 0 Å². The van der Waals surface area contributed by atoms with Gasteiger partial charge >= 0.3 is 56.4 Å². The molecule has 0 amide bonds. The number of carboxylic acids is 3. The minimum absolute atomic E-state index is 0. The van der Waals surface area contributed by atoms with Crippen molar-refractivity contribution in [2.75, 3.05) is 14.1 Å². The van der Waals surface area contributed by atoms with E-state index < -0.39 is 46.7 Å². The number of carboxylic acid groups (broad SMARTS) is 3. The van der Waals surface area contributed by atoms with Crippen LogP contribution >= 0.6 is 0 Å². The molecule has 0 aliphatic heterocycles. The van der Waals surface area contributed by atoms with E-state index in [0.717, 1.165) is 0 Å². The molecule has 0 aromatic rings. The van der Waals surface area contributed by atoms with Crippen LogP contribution in [0.25, 0.3) is 0 Å². The third kappa shape index (κ3) is 49.5. The molecule has 0 aliphatic carbocycles. The molecule has 0 saturated carbocycles. The third-order valence-electron chi connectivity index (χ3n) is 1.25. The second kappa shape index (κ2) is 21.0. The Morgan fingerprint density at radius 3 is 1.27 bits per heavy atom. The first-order valence-corrected chi connectivity index (χ1v) is 6.55. The zero-order chi connectivity index (χ0) is 18.7. The molecule has 0 fully saturated rings. The summed E-state index contributed by atoms with van der Waals surface area (Å²) in [6.45, 7) is 0. The van der Waals surface area contributed by atoms with Crippen LogP contribution in [0.2, 0.25) is 0 Å². The van der Waals surface area contributed by atoms with Crippen LogP contribution < -0.4 is 51.0 Å². The molecule has 14 nitrogen and oxygen atoms in total. The van der Waals surface area contributed by atoms with E-state index in [-0.39, 0.29) is 57.7 Å². The quantitative estimate of drug-likeness (QED) is 0.219. The van der Waals surface area contributed by atoms with Crippen LogP contribution in [-0.4, -0.2) is 78.5 Å². The number of carbonyl (C=O) groups excluding carboxylic acids is 3. The fourth-order valence-electron chi connectivity index (χ4n) is 0.684. The first-order chi connectivity index (χ1) is 9.51. The Labute approximate surface area is 183 Å². The Morgan fingerprint density at radius 1 is 1.04 bits per heavy atom. The summed E-state index contributed by atoms with van der Waals surface area (Å²) < 4.78 is 31.6. The van der Waals surface area contributed by atoms with Crippen LogP contribution in [-0.2, 0) is 41.3 Å². The van der Waals surface area contributed by atoms with E-state index in [1.54, 1.807) is 0 Å². The Bertz CT molecular complexity index is 465. The van der Waals surface area contributed by atoms with Gasteiger partial charge in [-0.15, -0.1) is 0 Å². The summed E-state index contributed by atoms with van der Waals surface area (Å²) in [7, 11) is 1.33. The maximum Gasteiger partial charge on any atom is 2.00 e. The maximum absolute atomic E-state index is 10.1. The summed E-state index contributed by atoms with van der Waals surface area (Å²) in [6, 6.07) is 0. The predicted molar refractivity (Wildman–Crippen MR) is 73.5 cm³/mol. The van der Waals surface area contributed by atoms with Crippen LogP contribution in [0.3, 0.4) is 0 Å². The van der Waals surface area contributed by atoms with Gasteiger partial charge in [-0.1, -0.05) is 0 Å². The van der Waals surface area contributed by atoms with Gasteiger partial charge in [0.15, 0.2) is 7.98 Å². The number of rotatable bonds is 5. The van der Waals surface area contributed by atoms with E-state index in [9.17, 15) is 29.7 Å². The fourth-order valence-corrected chi connectivity index (χ4v) is 0.684. The fraction of sp³-hybridized carbons (Fsp3) is 0.625. The van der Waals surface area contributed by atoms with Gasteiger partial charge in [-0.2, -0.15) is 8.42 Å². The van der Waals surface area contributed by atoms with Gasteiger partial charge in [0.1, 0.15) is 5.60 Å². The van der Waals surface area contributed by atoms with Crippen LogP contribution in [0.15, 0.2) is 0 Å². The molecule has 18 heteroatoms. The van der Waals surface area contributed by atoms with E-state index in [0.29, 0.717) is 0 Å². The summed E-state index contributed by atoms with van der Waals surface area (Å²) in [5.41, 5.74) is -2.97. The van der Waals surface area contributed by atoms with E-state index in [2.05, 4.69) is 0 Å². The molecule has 26 heavy (non-hydrogen) atoms. The number of nitrogens with zero attached hydrogens (tertiary/aromatic N) is 1. The second-order valence-electron chi connectivity index (χ2n) is 4.21. The van der Waals surface area contributed by atoms with Crippen LogP contribution in [0.4, 0.5) is 0 Å². The summed E-state index contributed by atoms with van der Waals surface area (Å²) in [4.78, 5) is 32.0. The number of carbonyl (C=O) groups is 3. The molecule has 0 unspecified atom stereocenters. The number of aliphatic hydroxyl groups is 1. The zero-order valence-electron chi connectivity index (χ0n) is 14.6. The Kier molecular flexibility index (Phi) is 36.2. The molecule has 0 radical (unpaired) electrons. The molecular weight excluding hydrogens is 441 g/mol. The van der Waals surface area contributed by atoms with Crippen LogP contribution in [0, 0.1) is 0 Å². The third-order valence-corrected chi connectivity index (χ3v) is 1.25. The van der Waals surface area contributed by atoms with Crippen molar-refractivity contribution < 1.29 is 104 Å². The van der Waals surface area contributed by atoms with Gasteiger partial charge in [0.25, 0.3) is 0 Å². The number of hydrogen-bond donors (Lipinski definition) is 4. The smallest absolute Gasteiger partial charge is 0.870 e. The van der Waals surface area contributed by atoms with Gasteiger partial charge in [0, 0.05) is 24.8 Å². The molecule has 0 saturated heterocycles. The topological polar surface area (TPSA) is 285 Å². The van der Waals surface area contributed by atoms with Gasteiger partial charge in [0.2, 0.25) is 0 Å². The molecule has 0 aromatic carbocycles. The van der Waals surface area contributed by atoms with Gasteiger partial charge in [-0.05, 0) is 14.1 Å². The molecule has 0 bridgehead atoms. The average Bonchev–Trinajstić information content (AvgIpc) is 2.09.